The highest BCUT2D eigenvalue weighted by molar-refractivity contribution is 7.14. The third kappa shape index (κ3) is 3.72. The van der Waals surface area contributed by atoms with Crippen molar-refractivity contribution < 1.29 is 9.59 Å². The maximum absolute atomic E-state index is 12.2. The van der Waals surface area contributed by atoms with Gasteiger partial charge in [-0.15, -0.1) is 11.3 Å². The molecule has 22 heavy (non-hydrogen) atoms. The van der Waals surface area contributed by atoms with E-state index >= 15 is 0 Å². The van der Waals surface area contributed by atoms with E-state index in [9.17, 15) is 9.59 Å². The Bertz CT molecular complexity index is 667. The lowest BCUT2D eigenvalue weighted by Crippen LogP contribution is -2.44. The molecule has 0 bridgehead atoms. The molecule has 0 spiro atoms. The normalized spacial score (nSPS) is 11.9. The first-order valence-electron chi connectivity index (χ1n) is 7.02. The van der Waals surface area contributed by atoms with Gasteiger partial charge in [0.05, 0.1) is 4.88 Å². The number of carbonyl (C=O) groups excluding carboxylic acids is 2. The number of nitrogens with two attached hydrogens (primary N) is 1. The number of nitrogens with one attached hydrogen (secondary N) is 2. The van der Waals surface area contributed by atoms with Crippen LogP contribution in [0, 0.1) is 6.92 Å². The third-order valence-electron chi connectivity index (χ3n) is 3.31. The Morgan fingerprint density at radius 2 is 1.95 bits per heavy atom. The second kappa shape index (κ2) is 7.20. The lowest BCUT2D eigenvalue weighted by molar-refractivity contribution is -0.120. The number of hydrogen-bond donors (Lipinski definition) is 3. The van der Waals surface area contributed by atoms with Gasteiger partial charge in [0.15, 0.2) is 0 Å². The first-order valence-corrected chi connectivity index (χ1v) is 7.84. The molecule has 0 aliphatic rings. The van der Waals surface area contributed by atoms with Crippen LogP contribution in [0.15, 0.2) is 36.4 Å². The van der Waals surface area contributed by atoms with Gasteiger partial charge in [-0.25, -0.2) is 5.43 Å². The van der Waals surface area contributed by atoms with Crippen LogP contribution in [0.1, 0.15) is 38.6 Å². The van der Waals surface area contributed by atoms with Crippen LogP contribution in [0.3, 0.4) is 0 Å². The Morgan fingerprint density at radius 3 is 2.50 bits per heavy atom. The molecule has 0 radical (unpaired) electrons. The predicted molar refractivity (Wildman–Crippen MR) is 87.4 cm³/mol. The summed E-state index contributed by atoms with van der Waals surface area (Å²) in [6, 6.07) is 10.1. The van der Waals surface area contributed by atoms with Crippen molar-refractivity contribution in [3.8, 4) is 0 Å². The van der Waals surface area contributed by atoms with Gasteiger partial charge in [-0.3, -0.25) is 15.0 Å². The quantitative estimate of drug-likeness (QED) is 0.713. The Labute approximate surface area is 133 Å². The molecule has 1 aromatic heterocycles. The number of amides is 2. The highest BCUT2D eigenvalue weighted by atomic mass is 32.1. The topological polar surface area (TPSA) is 84.2 Å². The first-order chi connectivity index (χ1) is 10.5. The van der Waals surface area contributed by atoms with E-state index in [1.807, 2.05) is 31.2 Å². The molecule has 5 nitrogen and oxygen atoms in total. The van der Waals surface area contributed by atoms with Crippen molar-refractivity contribution in [2.45, 2.75) is 26.3 Å². The van der Waals surface area contributed by atoms with E-state index in [0.717, 1.165) is 12.0 Å². The SMILES string of the molecule is CCc1sc(C(=O)NN[C@H](C(N)=O)c2ccccc2)cc1C. The molecular formula is C16H19N3O2S. The molecule has 116 valence electrons. The fourth-order valence-electron chi connectivity index (χ4n) is 2.15. The van der Waals surface area contributed by atoms with Gasteiger partial charge in [-0.05, 0) is 30.5 Å². The zero-order valence-electron chi connectivity index (χ0n) is 12.6. The summed E-state index contributed by atoms with van der Waals surface area (Å²) in [6.07, 6.45) is 0.894. The fraction of sp³-hybridized carbons (Fsp3) is 0.250. The second-order valence-corrected chi connectivity index (χ2v) is 6.05. The van der Waals surface area contributed by atoms with Gasteiger partial charge < -0.3 is 5.73 Å². The summed E-state index contributed by atoms with van der Waals surface area (Å²) in [5.41, 5.74) is 12.5. The average molecular weight is 317 g/mol. The van der Waals surface area contributed by atoms with E-state index in [4.69, 9.17) is 5.73 Å². The number of hydrogen-bond acceptors (Lipinski definition) is 4. The minimum Gasteiger partial charge on any atom is -0.368 e. The van der Waals surface area contributed by atoms with Crippen LogP contribution in [-0.2, 0) is 11.2 Å². The molecule has 1 heterocycles. The molecular weight excluding hydrogens is 298 g/mol. The average Bonchev–Trinajstić information content (AvgIpc) is 2.89. The second-order valence-electron chi connectivity index (χ2n) is 4.91. The van der Waals surface area contributed by atoms with Crippen LogP contribution < -0.4 is 16.6 Å². The van der Waals surface area contributed by atoms with Crippen molar-refractivity contribution in [1.82, 2.24) is 10.9 Å². The fourth-order valence-corrected chi connectivity index (χ4v) is 3.16. The van der Waals surface area contributed by atoms with E-state index in [-0.39, 0.29) is 5.91 Å². The lowest BCUT2D eigenvalue weighted by Gasteiger charge is -2.16. The van der Waals surface area contributed by atoms with E-state index in [2.05, 4.69) is 17.8 Å². The zero-order chi connectivity index (χ0) is 16.1. The number of rotatable bonds is 6. The summed E-state index contributed by atoms with van der Waals surface area (Å²) in [4.78, 5) is 25.5. The summed E-state index contributed by atoms with van der Waals surface area (Å²) in [7, 11) is 0. The number of primary amides is 1. The highest BCUT2D eigenvalue weighted by Crippen LogP contribution is 2.22. The predicted octanol–water partition coefficient (Wildman–Crippen LogP) is 2.08. The van der Waals surface area contributed by atoms with E-state index in [1.54, 1.807) is 12.1 Å². The molecule has 0 unspecified atom stereocenters. The molecule has 2 amide bonds. The van der Waals surface area contributed by atoms with Gasteiger partial charge in [0.1, 0.15) is 6.04 Å². The molecule has 1 atom stereocenters. The van der Waals surface area contributed by atoms with Gasteiger partial charge in [-0.1, -0.05) is 37.3 Å². The monoisotopic (exact) mass is 317 g/mol. The molecule has 2 aromatic rings. The molecule has 0 saturated carbocycles. The Hall–Kier alpha value is -2.18. The van der Waals surface area contributed by atoms with Crippen LogP contribution in [0.2, 0.25) is 0 Å². The number of benzene rings is 1. The van der Waals surface area contributed by atoms with Crippen molar-refractivity contribution >= 4 is 23.2 Å². The van der Waals surface area contributed by atoms with Crippen molar-refractivity contribution in [2.75, 3.05) is 0 Å². The first kappa shape index (κ1) is 16.2. The number of aryl methyl sites for hydroxylation is 2. The Kier molecular flexibility index (Phi) is 5.30. The van der Waals surface area contributed by atoms with Crippen LogP contribution in [0.4, 0.5) is 0 Å². The smallest absolute Gasteiger partial charge is 0.275 e. The number of hydrazine groups is 1. The summed E-state index contributed by atoms with van der Waals surface area (Å²) >= 11 is 1.46. The van der Waals surface area contributed by atoms with Crippen molar-refractivity contribution in [3.05, 3.63) is 57.3 Å². The van der Waals surface area contributed by atoms with Gasteiger partial charge >= 0.3 is 0 Å². The van der Waals surface area contributed by atoms with E-state index < -0.39 is 11.9 Å². The number of thiophene rings is 1. The summed E-state index contributed by atoms with van der Waals surface area (Å²) < 4.78 is 0. The van der Waals surface area contributed by atoms with Gasteiger partial charge in [0.2, 0.25) is 5.91 Å². The number of carbonyl (C=O) groups is 2. The molecule has 0 aliphatic carbocycles. The van der Waals surface area contributed by atoms with Crippen LogP contribution >= 0.6 is 11.3 Å². The van der Waals surface area contributed by atoms with Crippen molar-refractivity contribution in [1.29, 1.82) is 0 Å². The van der Waals surface area contributed by atoms with Gasteiger partial charge in [-0.2, -0.15) is 0 Å². The van der Waals surface area contributed by atoms with Crippen LogP contribution in [0.25, 0.3) is 0 Å². The highest BCUT2D eigenvalue weighted by Gasteiger charge is 2.19. The molecule has 4 N–H and O–H groups in total. The molecule has 0 saturated heterocycles. The molecule has 1 aromatic carbocycles. The minimum absolute atomic E-state index is 0.269. The lowest BCUT2D eigenvalue weighted by atomic mass is 10.1. The standard InChI is InChI=1S/C16H19N3O2S/c1-3-12-10(2)9-13(22-12)16(21)19-18-14(15(17)20)11-7-5-4-6-8-11/h4-9,14,18H,3H2,1-2H3,(H2,17,20)(H,19,21)/t14-/m0/s1. The summed E-state index contributed by atoms with van der Waals surface area (Å²) in [5.74, 6) is -0.821. The van der Waals surface area contributed by atoms with E-state index in [0.29, 0.717) is 10.4 Å². The van der Waals surface area contributed by atoms with Crippen molar-refractivity contribution in [2.24, 2.45) is 5.73 Å². The maximum atomic E-state index is 12.2. The van der Waals surface area contributed by atoms with Gasteiger partial charge in [0.25, 0.3) is 5.91 Å². The molecule has 0 fully saturated rings. The molecule has 6 heteroatoms. The van der Waals surface area contributed by atoms with E-state index in [1.165, 1.54) is 16.2 Å². The minimum atomic E-state index is -0.767. The largest absolute Gasteiger partial charge is 0.368 e. The maximum Gasteiger partial charge on any atom is 0.275 e. The van der Waals surface area contributed by atoms with Crippen molar-refractivity contribution in [3.63, 3.8) is 0 Å². The molecule has 0 aliphatic heterocycles. The van der Waals surface area contributed by atoms with Gasteiger partial charge in [0, 0.05) is 4.88 Å². The Morgan fingerprint density at radius 1 is 1.27 bits per heavy atom. The summed E-state index contributed by atoms with van der Waals surface area (Å²) in [5, 5.41) is 0. The summed E-state index contributed by atoms with van der Waals surface area (Å²) in [6.45, 7) is 4.03. The zero-order valence-corrected chi connectivity index (χ0v) is 13.4. The molecule has 2 rings (SSSR count). The Balaban J connectivity index is 2.06. The van der Waals surface area contributed by atoms with Crippen LogP contribution in [0.5, 0.6) is 0 Å². The van der Waals surface area contributed by atoms with Crippen LogP contribution in [-0.4, -0.2) is 11.8 Å². The third-order valence-corrected chi connectivity index (χ3v) is 4.69.